The van der Waals surface area contributed by atoms with E-state index in [4.69, 9.17) is 0 Å². The number of alkyl halides is 5. The highest BCUT2D eigenvalue weighted by molar-refractivity contribution is 5.25. The molecule has 0 bridgehead atoms. The Bertz CT molecular complexity index is 301. The molecular formula is C10H13F5O. The lowest BCUT2D eigenvalue weighted by atomic mass is 9.81. The molecule has 2 unspecified atom stereocenters. The summed E-state index contributed by atoms with van der Waals surface area (Å²) >= 11 is 0. The molecule has 0 aromatic rings. The maximum Gasteiger partial charge on any atom is 0.456 e. The first kappa shape index (κ1) is 13.4. The average molecular weight is 244 g/mol. The summed E-state index contributed by atoms with van der Waals surface area (Å²) in [7, 11) is 0. The van der Waals surface area contributed by atoms with E-state index < -0.39 is 29.2 Å². The number of hydrogen-bond acceptors (Lipinski definition) is 1. The Labute approximate surface area is 90.3 Å². The van der Waals surface area contributed by atoms with E-state index >= 15 is 0 Å². The number of hydrogen-bond donors (Lipinski definition) is 0. The second-order valence-electron chi connectivity index (χ2n) is 4.93. The third-order valence-corrected chi connectivity index (χ3v) is 2.58. The largest absolute Gasteiger partial charge is 0.456 e. The minimum absolute atomic E-state index is 0.552. The van der Waals surface area contributed by atoms with Crippen LogP contribution < -0.4 is 0 Å². The van der Waals surface area contributed by atoms with E-state index in [2.05, 4.69) is 11.3 Å². The van der Waals surface area contributed by atoms with Gasteiger partial charge in [0.05, 0.1) is 0 Å². The number of epoxide rings is 1. The van der Waals surface area contributed by atoms with E-state index in [0.717, 1.165) is 0 Å². The Hall–Kier alpha value is -0.650. The summed E-state index contributed by atoms with van der Waals surface area (Å²) in [6, 6.07) is 0. The molecule has 1 rings (SSSR count). The maximum atomic E-state index is 13.2. The second kappa shape index (κ2) is 3.18. The first-order valence-corrected chi connectivity index (χ1v) is 4.66. The van der Waals surface area contributed by atoms with Crippen molar-refractivity contribution in [3.8, 4) is 0 Å². The fraction of sp³-hybridized carbons (Fsp3) is 0.800. The predicted molar refractivity (Wildman–Crippen MR) is 48.3 cm³/mol. The van der Waals surface area contributed by atoms with Crippen LogP contribution in [0.25, 0.3) is 0 Å². The van der Waals surface area contributed by atoms with Crippen LogP contribution in [0.4, 0.5) is 22.0 Å². The van der Waals surface area contributed by atoms with Crippen LogP contribution in [-0.2, 0) is 4.74 Å². The summed E-state index contributed by atoms with van der Waals surface area (Å²) in [4.78, 5) is 0. The topological polar surface area (TPSA) is 12.5 Å². The van der Waals surface area contributed by atoms with Crippen LogP contribution in [0.15, 0.2) is 12.7 Å². The fourth-order valence-corrected chi connectivity index (χ4v) is 1.72. The molecule has 0 aromatic heterocycles. The molecule has 1 aliphatic heterocycles. The van der Waals surface area contributed by atoms with Crippen LogP contribution in [0.5, 0.6) is 0 Å². The highest BCUT2D eigenvalue weighted by Gasteiger charge is 2.81. The molecule has 0 radical (unpaired) electrons. The van der Waals surface area contributed by atoms with Crippen molar-refractivity contribution in [3.63, 3.8) is 0 Å². The molecule has 0 saturated carbocycles. The molecule has 1 nitrogen and oxygen atoms in total. The van der Waals surface area contributed by atoms with Crippen molar-refractivity contribution in [3.05, 3.63) is 12.7 Å². The maximum absolute atomic E-state index is 13.2. The summed E-state index contributed by atoms with van der Waals surface area (Å²) in [5.41, 5.74) is -3.42. The van der Waals surface area contributed by atoms with Gasteiger partial charge in [-0.2, -0.15) is 22.0 Å². The summed E-state index contributed by atoms with van der Waals surface area (Å²) in [5.74, 6) is -4.92. The molecule has 0 aliphatic carbocycles. The second-order valence-corrected chi connectivity index (χ2v) is 4.93. The number of rotatable bonds is 2. The van der Waals surface area contributed by atoms with Crippen molar-refractivity contribution in [1.29, 1.82) is 0 Å². The normalized spacial score (nSPS) is 31.4. The van der Waals surface area contributed by atoms with Crippen LogP contribution in [0.3, 0.4) is 0 Å². The smallest absolute Gasteiger partial charge is 0.354 e. The van der Waals surface area contributed by atoms with Crippen LogP contribution in [0, 0.1) is 5.41 Å². The highest BCUT2D eigenvalue weighted by Crippen LogP contribution is 2.60. The zero-order chi connectivity index (χ0) is 13.0. The van der Waals surface area contributed by atoms with E-state index in [-0.39, 0.29) is 0 Å². The van der Waals surface area contributed by atoms with Crippen LogP contribution >= 0.6 is 0 Å². The van der Waals surface area contributed by atoms with Gasteiger partial charge >= 0.3 is 12.1 Å². The van der Waals surface area contributed by atoms with Gasteiger partial charge in [0, 0.05) is 0 Å². The Morgan fingerprint density at radius 3 is 1.75 bits per heavy atom. The van der Waals surface area contributed by atoms with Crippen molar-refractivity contribution < 1.29 is 26.7 Å². The van der Waals surface area contributed by atoms with Gasteiger partial charge in [-0.25, -0.2) is 0 Å². The predicted octanol–water partition coefficient (Wildman–Crippen LogP) is 3.55. The third-order valence-electron chi connectivity index (χ3n) is 2.58. The molecule has 0 spiro atoms. The summed E-state index contributed by atoms with van der Waals surface area (Å²) in [5, 5.41) is 0. The van der Waals surface area contributed by atoms with Gasteiger partial charge in [-0.3, -0.25) is 0 Å². The quantitative estimate of drug-likeness (QED) is 0.411. The van der Waals surface area contributed by atoms with Crippen LogP contribution in [0.1, 0.15) is 20.8 Å². The number of ether oxygens (including phenoxy) is 1. The van der Waals surface area contributed by atoms with Gasteiger partial charge in [0.15, 0.2) is 5.60 Å². The Balaban J connectivity index is 3.09. The molecule has 6 heteroatoms. The van der Waals surface area contributed by atoms with E-state index in [0.29, 0.717) is 6.08 Å². The molecule has 0 N–H and O–H groups in total. The van der Waals surface area contributed by atoms with Crippen LogP contribution in [0.2, 0.25) is 0 Å². The standard InChI is InChI=1S/C10H13F5O/c1-5-8(6(16-8)7(2,3)4)9(11,12)10(13,14)15/h5-6H,1H2,2-4H3. The summed E-state index contributed by atoms with van der Waals surface area (Å²) in [6.07, 6.45) is -6.27. The van der Waals surface area contributed by atoms with E-state index in [1.807, 2.05) is 0 Å². The van der Waals surface area contributed by atoms with Crippen molar-refractivity contribution in [2.45, 2.75) is 44.6 Å². The molecule has 0 amide bonds. The van der Waals surface area contributed by atoms with Gasteiger partial charge in [0.2, 0.25) is 0 Å². The third kappa shape index (κ3) is 1.63. The first-order chi connectivity index (χ1) is 6.90. The molecule has 16 heavy (non-hydrogen) atoms. The Morgan fingerprint density at radius 1 is 1.12 bits per heavy atom. The average Bonchev–Trinajstić information content (AvgIpc) is 2.76. The highest BCUT2D eigenvalue weighted by atomic mass is 19.4. The number of halogens is 5. The van der Waals surface area contributed by atoms with Gasteiger partial charge in [0.1, 0.15) is 6.10 Å². The lowest BCUT2D eigenvalue weighted by molar-refractivity contribution is -0.299. The van der Waals surface area contributed by atoms with E-state index in [1.54, 1.807) is 0 Å². The monoisotopic (exact) mass is 244 g/mol. The fourth-order valence-electron chi connectivity index (χ4n) is 1.72. The van der Waals surface area contributed by atoms with Crippen molar-refractivity contribution in [2.24, 2.45) is 5.41 Å². The van der Waals surface area contributed by atoms with Gasteiger partial charge in [-0.05, 0) is 5.41 Å². The minimum Gasteiger partial charge on any atom is -0.354 e. The summed E-state index contributed by atoms with van der Waals surface area (Å²) < 4.78 is 67.8. The molecule has 1 heterocycles. The molecule has 1 aliphatic rings. The lowest BCUT2D eigenvalue weighted by Gasteiger charge is -2.26. The molecule has 94 valence electrons. The van der Waals surface area contributed by atoms with Gasteiger partial charge in [0.25, 0.3) is 0 Å². The zero-order valence-electron chi connectivity index (χ0n) is 9.16. The minimum atomic E-state index is -5.64. The van der Waals surface area contributed by atoms with E-state index in [9.17, 15) is 22.0 Å². The van der Waals surface area contributed by atoms with Crippen molar-refractivity contribution in [1.82, 2.24) is 0 Å². The Kier molecular flexibility index (Phi) is 2.67. The molecule has 2 atom stereocenters. The van der Waals surface area contributed by atoms with E-state index in [1.165, 1.54) is 20.8 Å². The lowest BCUT2D eigenvalue weighted by Crippen LogP contribution is -2.51. The van der Waals surface area contributed by atoms with Crippen molar-refractivity contribution >= 4 is 0 Å². The summed E-state index contributed by atoms with van der Waals surface area (Å²) in [6.45, 7) is 7.64. The molecule has 1 fully saturated rings. The van der Waals surface area contributed by atoms with Crippen LogP contribution in [-0.4, -0.2) is 23.8 Å². The molecule has 1 saturated heterocycles. The Morgan fingerprint density at radius 2 is 1.56 bits per heavy atom. The molecular weight excluding hydrogens is 231 g/mol. The zero-order valence-corrected chi connectivity index (χ0v) is 9.16. The SMILES string of the molecule is C=CC1(C(F)(F)C(F)(F)F)OC1C(C)(C)C. The van der Waals surface area contributed by atoms with Crippen molar-refractivity contribution in [2.75, 3.05) is 0 Å². The van der Waals surface area contributed by atoms with Gasteiger partial charge < -0.3 is 4.74 Å². The van der Waals surface area contributed by atoms with Gasteiger partial charge in [-0.15, -0.1) is 0 Å². The first-order valence-electron chi connectivity index (χ1n) is 4.66. The molecule has 0 aromatic carbocycles. The van der Waals surface area contributed by atoms with Gasteiger partial charge in [-0.1, -0.05) is 33.4 Å².